The molecule has 0 unspecified atom stereocenters. The Morgan fingerprint density at radius 2 is 1.74 bits per heavy atom. The van der Waals surface area contributed by atoms with Gasteiger partial charge in [0.1, 0.15) is 11.5 Å². The van der Waals surface area contributed by atoms with Crippen molar-refractivity contribution in [1.82, 2.24) is 19.4 Å². The molecule has 0 saturated carbocycles. The molecular weight excluding hydrogens is 344 g/mol. The predicted molar refractivity (Wildman–Crippen MR) is 103 cm³/mol. The number of H-pyrrole nitrogens is 1. The minimum absolute atomic E-state index is 0.216. The van der Waals surface area contributed by atoms with Crippen LogP contribution in [0.15, 0.2) is 35.4 Å². The number of hydrogen-bond donors (Lipinski definition) is 1. The molecule has 3 heterocycles. The lowest BCUT2D eigenvalue weighted by Gasteiger charge is -2.09. The van der Waals surface area contributed by atoms with E-state index < -0.39 is 0 Å². The fraction of sp³-hybridized carbons (Fsp3) is 0.250. The van der Waals surface area contributed by atoms with Gasteiger partial charge in [-0.05, 0) is 37.1 Å². The Hall–Kier alpha value is -3.35. The monoisotopic (exact) mass is 364 g/mol. The van der Waals surface area contributed by atoms with Gasteiger partial charge in [0.05, 0.1) is 30.8 Å². The van der Waals surface area contributed by atoms with Gasteiger partial charge < -0.3 is 18.9 Å². The molecule has 0 amide bonds. The first-order valence-electron chi connectivity index (χ1n) is 8.58. The number of nitrogens with zero attached hydrogens (tertiary/aromatic N) is 3. The Bertz CT molecular complexity index is 1180. The van der Waals surface area contributed by atoms with Crippen LogP contribution in [0.1, 0.15) is 22.6 Å². The lowest BCUT2D eigenvalue weighted by atomic mass is 10.2. The number of methoxy groups -OCH3 is 2. The van der Waals surface area contributed by atoms with E-state index in [2.05, 4.69) is 35.0 Å². The molecule has 1 N–H and O–H groups in total. The molecule has 0 radical (unpaired) electrons. The maximum atomic E-state index is 12.5. The normalized spacial score (nSPS) is 11.3. The number of aryl methyl sites for hydroxylation is 2. The van der Waals surface area contributed by atoms with Crippen LogP contribution in [0.5, 0.6) is 11.5 Å². The van der Waals surface area contributed by atoms with E-state index in [0.717, 1.165) is 11.3 Å². The van der Waals surface area contributed by atoms with Crippen molar-refractivity contribution < 1.29 is 9.47 Å². The number of ether oxygens (including phenoxy) is 2. The topological polar surface area (TPSA) is 81.5 Å². The lowest BCUT2D eigenvalue weighted by molar-refractivity contribution is 0.355. The Labute approximate surface area is 155 Å². The fourth-order valence-corrected chi connectivity index (χ4v) is 3.14. The molecule has 4 rings (SSSR count). The highest BCUT2D eigenvalue weighted by atomic mass is 16.5. The number of fused-ring (bicyclic) bond motifs is 2. The van der Waals surface area contributed by atoms with Crippen molar-refractivity contribution in [3.05, 3.63) is 63.6 Å². The van der Waals surface area contributed by atoms with Gasteiger partial charge in [0, 0.05) is 24.9 Å². The van der Waals surface area contributed by atoms with E-state index in [1.54, 1.807) is 19.2 Å². The van der Waals surface area contributed by atoms with Crippen LogP contribution in [-0.2, 0) is 6.42 Å². The second-order valence-corrected chi connectivity index (χ2v) is 6.55. The summed E-state index contributed by atoms with van der Waals surface area (Å²) in [5.74, 6) is 1.58. The summed E-state index contributed by atoms with van der Waals surface area (Å²) in [4.78, 5) is 24.6. The Kier molecular flexibility index (Phi) is 4.07. The Morgan fingerprint density at radius 3 is 2.48 bits per heavy atom. The van der Waals surface area contributed by atoms with Crippen molar-refractivity contribution in [1.29, 1.82) is 0 Å². The van der Waals surface area contributed by atoms with Crippen molar-refractivity contribution >= 4 is 16.6 Å². The smallest absolute Gasteiger partial charge is 0.258 e. The average Bonchev–Trinajstić information content (AvgIpc) is 3.01. The summed E-state index contributed by atoms with van der Waals surface area (Å²) in [6.45, 7) is 4.13. The maximum absolute atomic E-state index is 12.5. The standard InChI is InChI=1S/C20H20N4O3/c1-11-5-19-21-13(10-24(19)9-12(11)2)6-18-22-15-8-17(27-4)16(26-3)7-14(15)20(25)23-18/h5,7-10H,6H2,1-4H3,(H,22,23,25). The second kappa shape index (κ2) is 6.42. The maximum Gasteiger partial charge on any atom is 0.258 e. The van der Waals surface area contributed by atoms with E-state index in [4.69, 9.17) is 9.47 Å². The van der Waals surface area contributed by atoms with Crippen molar-refractivity contribution in [2.24, 2.45) is 0 Å². The lowest BCUT2D eigenvalue weighted by Crippen LogP contribution is -2.12. The summed E-state index contributed by atoms with van der Waals surface area (Å²) >= 11 is 0. The SMILES string of the molecule is COc1cc2nc(Cc3cn4cc(C)c(C)cc4n3)[nH]c(=O)c2cc1OC. The summed E-state index contributed by atoms with van der Waals surface area (Å²) in [7, 11) is 3.09. The van der Waals surface area contributed by atoms with Crippen LogP contribution in [0.2, 0.25) is 0 Å². The molecule has 0 fully saturated rings. The summed E-state index contributed by atoms with van der Waals surface area (Å²) in [6.07, 6.45) is 4.44. The molecule has 138 valence electrons. The number of aromatic amines is 1. The molecule has 1 aromatic carbocycles. The van der Waals surface area contributed by atoms with Crippen LogP contribution in [0.25, 0.3) is 16.6 Å². The molecule has 3 aromatic heterocycles. The third-order valence-corrected chi connectivity index (χ3v) is 4.72. The molecule has 7 nitrogen and oxygen atoms in total. The van der Waals surface area contributed by atoms with E-state index in [0.29, 0.717) is 34.6 Å². The van der Waals surface area contributed by atoms with Gasteiger partial charge in [0.15, 0.2) is 11.5 Å². The first kappa shape index (κ1) is 17.1. The van der Waals surface area contributed by atoms with Gasteiger partial charge in [0.25, 0.3) is 5.56 Å². The van der Waals surface area contributed by atoms with Crippen LogP contribution in [-0.4, -0.2) is 33.6 Å². The molecule has 7 heteroatoms. The molecule has 0 aliphatic carbocycles. The highest BCUT2D eigenvalue weighted by molar-refractivity contribution is 5.81. The van der Waals surface area contributed by atoms with Crippen LogP contribution >= 0.6 is 0 Å². The minimum Gasteiger partial charge on any atom is -0.493 e. The third kappa shape index (κ3) is 3.01. The first-order valence-corrected chi connectivity index (χ1v) is 8.58. The van der Waals surface area contributed by atoms with Gasteiger partial charge in [-0.15, -0.1) is 0 Å². The van der Waals surface area contributed by atoms with Crippen LogP contribution in [0, 0.1) is 13.8 Å². The molecule has 0 aliphatic rings. The fourth-order valence-electron chi connectivity index (χ4n) is 3.14. The van der Waals surface area contributed by atoms with Crippen LogP contribution < -0.4 is 15.0 Å². The number of rotatable bonds is 4. The van der Waals surface area contributed by atoms with Gasteiger partial charge in [-0.2, -0.15) is 0 Å². The van der Waals surface area contributed by atoms with Crippen molar-refractivity contribution in [3.8, 4) is 11.5 Å². The number of pyridine rings is 1. The molecule has 0 aliphatic heterocycles. The zero-order valence-corrected chi connectivity index (χ0v) is 15.7. The largest absolute Gasteiger partial charge is 0.493 e. The van der Waals surface area contributed by atoms with E-state index in [-0.39, 0.29) is 5.56 Å². The number of aromatic nitrogens is 4. The second-order valence-electron chi connectivity index (χ2n) is 6.55. The van der Waals surface area contributed by atoms with Crippen molar-refractivity contribution in [3.63, 3.8) is 0 Å². The van der Waals surface area contributed by atoms with Gasteiger partial charge in [-0.25, -0.2) is 9.97 Å². The highest BCUT2D eigenvalue weighted by Crippen LogP contribution is 2.30. The quantitative estimate of drug-likeness (QED) is 0.602. The zero-order valence-electron chi connectivity index (χ0n) is 15.7. The Balaban J connectivity index is 1.77. The highest BCUT2D eigenvalue weighted by Gasteiger charge is 2.12. The first-order chi connectivity index (χ1) is 13.0. The van der Waals surface area contributed by atoms with E-state index in [1.165, 1.54) is 18.2 Å². The number of hydrogen-bond acceptors (Lipinski definition) is 5. The predicted octanol–water partition coefficient (Wildman–Crippen LogP) is 2.80. The summed E-state index contributed by atoms with van der Waals surface area (Å²) in [5.41, 5.74) is 4.45. The summed E-state index contributed by atoms with van der Waals surface area (Å²) in [5, 5.41) is 0.456. The van der Waals surface area contributed by atoms with Crippen LogP contribution in [0.3, 0.4) is 0 Å². The van der Waals surface area contributed by atoms with Gasteiger partial charge in [0.2, 0.25) is 0 Å². The van der Waals surface area contributed by atoms with E-state index in [9.17, 15) is 4.79 Å². The van der Waals surface area contributed by atoms with Gasteiger partial charge >= 0.3 is 0 Å². The third-order valence-electron chi connectivity index (χ3n) is 4.72. The van der Waals surface area contributed by atoms with Crippen LogP contribution in [0.4, 0.5) is 0 Å². The number of benzene rings is 1. The number of nitrogens with one attached hydrogen (secondary N) is 1. The molecule has 0 bridgehead atoms. The van der Waals surface area contributed by atoms with Crippen molar-refractivity contribution in [2.45, 2.75) is 20.3 Å². The van der Waals surface area contributed by atoms with Crippen molar-refractivity contribution in [2.75, 3.05) is 14.2 Å². The summed E-state index contributed by atoms with van der Waals surface area (Å²) < 4.78 is 12.6. The minimum atomic E-state index is -0.216. The molecule has 4 aromatic rings. The molecular formula is C20H20N4O3. The zero-order chi connectivity index (χ0) is 19.1. The summed E-state index contributed by atoms with van der Waals surface area (Å²) in [6, 6.07) is 5.40. The molecule has 0 saturated heterocycles. The molecule has 27 heavy (non-hydrogen) atoms. The van der Waals surface area contributed by atoms with Gasteiger partial charge in [-0.1, -0.05) is 0 Å². The average molecular weight is 364 g/mol. The molecule has 0 atom stereocenters. The number of imidazole rings is 1. The van der Waals surface area contributed by atoms with Gasteiger partial charge in [-0.3, -0.25) is 4.79 Å². The van der Waals surface area contributed by atoms with E-state index >= 15 is 0 Å². The van der Waals surface area contributed by atoms with E-state index in [1.807, 2.05) is 16.7 Å². The Morgan fingerprint density at radius 1 is 1.00 bits per heavy atom. The molecule has 0 spiro atoms.